The van der Waals surface area contributed by atoms with Gasteiger partial charge in [0.1, 0.15) is 23.8 Å². The van der Waals surface area contributed by atoms with Crippen molar-refractivity contribution >= 4 is 23.6 Å². The number of nitrogens with zero attached hydrogens (tertiary/aromatic N) is 1. The monoisotopic (exact) mass is 232 g/mol. The molecule has 2 heterocycles. The van der Waals surface area contributed by atoms with Crippen LogP contribution in [0.2, 0.25) is 0 Å². The summed E-state index contributed by atoms with van der Waals surface area (Å²) in [6.45, 7) is -0.847. The Labute approximate surface area is 89.1 Å². The molecule has 0 aromatic rings. The minimum Gasteiger partial charge on any atom is -0.477 e. The van der Waals surface area contributed by atoms with Crippen LogP contribution < -0.4 is 5.73 Å². The van der Waals surface area contributed by atoms with E-state index in [9.17, 15) is 14.0 Å². The number of hydrogen-bond donors (Lipinski definition) is 2. The molecule has 0 saturated carbocycles. The lowest BCUT2D eigenvalue weighted by Gasteiger charge is -2.47. The Morgan fingerprint density at radius 1 is 1.73 bits per heavy atom. The van der Waals surface area contributed by atoms with E-state index in [0.717, 1.165) is 4.90 Å². The summed E-state index contributed by atoms with van der Waals surface area (Å²) in [5.41, 5.74) is 5.42. The standard InChI is InChI=1S/C8H9FN2O3S/c9-1-3-2-15-7-4(10)6(12)11(7)5(3)8(13)14/h4,7H,1-2,10H2,(H,13,14)/t4?,7-/m1/s1. The summed E-state index contributed by atoms with van der Waals surface area (Å²) in [7, 11) is 0. The van der Waals surface area contributed by atoms with Crippen LogP contribution in [0.5, 0.6) is 0 Å². The minimum absolute atomic E-state index is 0.143. The summed E-state index contributed by atoms with van der Waals surface area (Å²) < 4.78 is 12.5. The molecule has 15 heavy (non-hydrogen) atoms. The molecule has 0 bridgehead atoms. The van der Waals surface area contributed by atoms with Gasteiger partial charge in [0.15, 0.2) is 0 Å². The second-order valence-electron chi connectivity index (χ2n) is 3.33. The van der Waals surface area contributed by atoms with Crippen molar-refractivity contribution in [3.05, 3.63) is 11.3 Å². The minimum atomic E-state index is -1.27. The Morgan fingerprint density at radius 3 is 2.93 bits per heavy atom. The third-order valence-corrected chi connectivity index (χ3v) is 3.81. The second-order valence-corrected chi connectivity index (χ2v) is 4.43. The smallest absolute Gasteiger partial charge is 0.352 e. The molecule has 0 aromatic carbocycles. The molecule has 2 atom stereocenters. The van der Waals surface area contributed by atoms with Crippen molar-refractivity contribution in [2.45, 2.75) is 11.4 Å². The predicted molar refractivity (Wildman–Crippen MR) is 51.7 cm³/mol. The van der Waals surface area contributed by atoms with Crippen molar-refractivity contribution in [1.82, 2.24) is 4.90 Å². The molecular formula is C8H9FN2O3S. The third-order valence-electron chi connectivity index (χ3n) is 2.45. The van der Waals surface area contributed by atoms with Crippen molar-refractivity contribution < 1.29 is 19.1 Å². The number of fused-ring (bicyclic) bond motifs is 1. The molecule has 7 heteroatoms. The fraction of sp³-hybridized carbons (Fsp3) is 0.500. The van der Waals surface area contributed by atoms with Gasteiger partial charge in [0.25, 0.3) is 0 Å². The summed E-state index contributed by atoms with van der Waals surface area (Å²) in [5.74, 6) is -1.44. The first kappa shape index (κ1) is 10.4. The van der Waals surface area contributed by atoms with Crippen LogP contribution in [0.4, 0.5) is 4.39 Å². The fourth-order valence-electron chi connectivity index (χ4n) is 1.68. The van der Waals surface area contributed by atoms with Crippen LogP contribution in [0.3, 0.4) is 0 Å². The average molecular weight is 232 g/mol. The van der Waals surface area contributed by atoms with Gasteiger partial charge >= 0.3 is 5.97 Å². The molecule has 0 spiro atoms. The highest BCUT2D eigenvalue weighted by Crippen LogP contribution is 2.39. The zero-order valence-corrected chi connectivity index (χ0v) is 8.46. The van der Waals surface area contributed by atoms with Gasteiger partial charge in [0.05, 0.1) is 0 Å². The summed E-state index contributed by atoms with van der Waals surface area (Å²) in [6, 6.07) is -0.662. The lowest BCUT2D eigenvalue weighted by atomic mass is 10.0. The molecule has 82 valence electrons. The van der Waals surface area contributed by atoms with Gasteiger partial charge in [-0.05, 0) is 0 Å². The molecule has 0 radical (unpaired) electrons. The zero-order valence-electron chi connectivity index (χ0n) is 7.64. The third kappa shape index (κ3) is 1.34. The van der Waals surface area contributed by atoms with Crippen LogP contribution in [0, 0.1) is 0 Å². The number of aliphatic carboxylic acids is 1. The molecular weight excluding hydrogens is 223 g/mol. The predicted octanol–water partition coefficient (Wildman–Crippen LogP) is -0.463. The van der Waals surface area contributed by atoms with Crippen molar-refractivity contribution in [3.63, 3.8) is 0 Å². The number of rotatable bonds is 2. The van der Waals surface area contributed by atoms with Gasteiger partial charge in [-0.3, -0.25) is 9.69 Å². The van der Waals surface area contributed by atoms with Crippen LogP contribution in [0.25, 0.3) is 0 Å². The zero-order chi connectivity index (χ0) is 11.2. The number of hydrogen-bond acceptors (Lipinski definition) is 4. The van der Waals surface area contributed by atoms with Crippen LogP contribution in [-0.4, -0.2) is 45.7 Å². The number of β-lactam (4-membered cyclic amide) rings is 1. The number of carboxylic acid groups (broad SMARTS) is 1. The Bertz CT molecular complexity index is 371. The molecule has 2 aliphatic rings. The van der Waals surface area contributed by atoms with E-state index in [1.807, 2.05) is 0 Å². The van der Waals surface area contributed by atoms with E-state index >= 15 is 0 Å². The van der Waals surface area contributed by atoms with E-state index in [-0.39, 0.29) is 22.4 Å². The van der Waals surface area contributed by atoms with Gasteiger partial charge < -0.3 is 10.8 Å². The van der Waals surface area contributed by atoms with Crippen LogP contribution in [-0.2, 0) is 9.59 Å². The lowest BCUT2D eigenvalue weighted by molar-refractivity contribution is -0.148. The first-order valence-corrected chi connectivity index (χ1v) is 5.34. The van der Waals surface area contributed by atoms with E-state index < -0.39 is 24.6 Å². The SMILES string of the molecule is NC1C(=O)N2C(C(=O)O)=C(CF)CS[C@H]12. The van der Waals surface area contributed by atoms with Gasteiger partial charge in [-0.2, -0.15) is 0 Å². The Balaban J connectivity index is 2.38. The molecule has 1 saturated heterocycles. The fourth-order valence-corrected chi connectivity index (χ4v) is 2.95. The normalized spacial score (nSPS) is 30.0. The number of nitrogens with two attached hydrogens (primary N) is 1. The molecule has 3 N–H and O–H groups in total. The molecule has 2 aliphatic heterocycles. The molecule has 1 fully saturated rings. The van der Waals surface area contributed by atoms with Crippen molar-refractivity contribution in [3.8, 4) is 0 Å². The number of thioether (sulfide) groups is 1. The van der Waals surface area contributed by atoms with Gasteiger partial charge in [-0.1, -0.05) is 0 Å². The van der Waals surface area contributed by atoms with Gasteiger partial charge in [-0.25, -0.2) is 9.18 Å². The Kier molecular flexibility index (Phi) is 2.43. The van der Waals surface area contributed by atoms with E-state index in [0.29, 0.717) is 0 Å². The number of carbonyl (C=O) groups is 2. The Morgan fingerprint density at radius 2 is 2.40 bits per heavy atom. The molecule has 0 aliphatic carbocycles. The van der Waals surface area contributed by atoms with Gasteiger partial charge in [-0.15, -0.1) is 11.8 Å². The Hall–Kier alpha value is -1.08. The maximum Gasteiger partial charge on any atom is 0.352 e. The highest BCUT2D eigenvalue weighted by atomic mass is 32.2. The molecule has 1 amide bonds. The van der Waals surface area contributed by atoms with Crippen molar-refractivity contribution in [1.29, 1.82) is 0 Å². The van der Waals surface area contributed by atoms with E-state index in [1.165, 1.54) is 11.8 Å². The maximum atomic E-state index is 12.5. The largest absolute Gasteiger partial charge is 0.477 e. The summed E-state index contributed by atoms with van der Waals surface area (Å²) in [5, 5.41) is 8.55. The molecule has 5 nitrogen and oxygen atoms in total. The summed E-state index contributed by atoms with van der Waals surface area (Å²) in [4.78, 5) is 23.3. The highest BCUT2D eigenvalue weighted by molar-refractivity contribution is 8.00. The van der Waals surface area contributed by atoms with E-state index in [4.69, 9.17) is 10.8 Å². The number of carbonyl (C=O) groups excluding carboxylic acids is 1. The molecule has 2 rings (SSSR count). The maximum absolute atomic E-state index is 12.5. The summed E-state index contributed by atoms with van der Waals surface area (Å²) in [6.07, 6.45) is 0. The van der Waals surface area contributed by atoms with Crippen LogP contribution in [0.15, 0.2) is 11.3 Å². The van der Waals surface area contributed by atoms with Crippen LogP contribution >= 0.6 is 11.8 Å². The van der Waals surface area contributed by atoms with Gasteiger partial charge in [0.2, 0.25) is 5.91 Å². The highest BCUT2D eigenvalue weighted by Gasteiger charge is 2.51. The van der Waals surface area contributed by atoms with Crippen LogP contribution in [0.1, 0.15) is 0 Å². The average Bonchev–Trinajstić information content (AvgIpc) is 2.25. The van der Waals surface area contributed by atoms with Gasteiger partial charge in [0, 0.05) is 11.3 Å². The first-order valence-electron chi connectivity index (χ1n) is 4.29. The topological polar surface area (TPSA) is 83.6 Å². The first-order chi connectivity index (χ1) is 7.07. The molecule has 0 aromatic heterocycles. The number of amides is 1. The summed E-state index contributed by atoms with van der Waals surface area (Å²) >= 11 is 1.30. The number of halogens is 1. The number of carboxylic acids is 1. The molecule has 1 unspecified atom stereocenters. The lowest BCUT2D eigenvalue weighted by Crippen LogP contribution is -2.68. The second kappa shape index (κ2) is 3.49. The van der Waals surface area contributed by atoms with Crippen molar-refractivity contribution in [2.75, 3.05) is 12.4 Å². The van der Waals surface area contributed by atoms with Crippen molar-refractivity contribution in [2.24, 2.45) is 5.73 Å². The number of alkyl halides is 1. The quantitative estimate of drug-likeness (QED) is 0.629. The van der Waals surface area contributed by atoms with E-state index in [1.54, 1.807) is 0 Å². The van der Waals surface area contributed by atoms with E-state index in [2.05, 4.69) is 0 Å².